The topological polar surface area (TPSA) is 9.23 Å². The third kappa shape index (κ3) is 20.8. The highest BCUT2D eigenvalue weighted by Crippen LogP contribution is 2.30. The lowest BCUT2D eigenvalue weighted by atomic mass is 10.0. The van der Waals surface area contributed by atoms with E-state index in [-0.39, 0.29) is 0 Å². The smallest absolute Gasteiger partial charge is 0.192 e. The van der Waals surface area contributed by atoms with Gasteiger partial charge in [-0.25, -0.2) is 0 Å². The molecule has 0 atom stereocenters. The molecule has 0 radical (unpaired) electrons. The monoisotopic (exact) mass is 468 g/mol. The number of hydrogen-bond acceptors (Lipinski definition) is 1. The second-order valence-electron chi connectivity index (χ2n) is 10.6. The van der Waals surface area contributed by atoms with Crippen LogP contribution in [0.4, 0.5) is 0 Å². The molecule has 2 heteroatoms. The lowest BCUT2D eigenvalue weighted by molar-refractivity contribution is 0.282. The van der Waals surface area contributed by atoms with E-state index in [2.05, 4.69) is 27.7 Å². The van der Waals surface area contributed by atoms with Crippen molar-refractivity contribution in [1.29, 1.82) is 0 Å². The molecule has 0 aliphatic heterocycles. The van der Waals surface area contributed by atoms with Crippen molar-refractivity contribution in [2.45, 2.75) is 187 Å². The third-order valence-corrected chi connectivity index (χ3v) is 12.0. The van der Waals surface area contributed by atoms with Crippen LogP contribution in [0, 0.1) is 0 Å². The van der Waals surface area contributed by atoms with Crippen molar-refractivity contribution < 1.29 is 4.43 Å². The van der Waals surface area contributed by atoms with Crippen molar-refractivity contribution in [1.82, 2.24) is 0 Å². The van der Waals surface area contributed by atoms with Gasteiger partial charge in [0.2, 0.25) is 0 Å². The fourth-order valence-electron chi connectivity index (χ4n) is 5.03. The van der Waals surface area contributed by atoms with Crippen molar-refractivity contribution in [3.8, 4) is 0 Å². The molecule has 0 saturated heterocycles. The first kappa shape index (κ1) is 32.2. The molecule has 0 aliphatic carbocycles. The van der Waals surface area contributed by atoms with Crippen LogP contribution in [-0.4, -0.2) is 14.9 Å². The highest BCUT2D eigenvalue weighted by molar-refractivity contribution is 6.73. The van der Waals surface area contributed by atoms with E-state index >= 15 is 0 Å². The Bertz CT molecular complexity index is 322. The molecular formula is C30H64OSi. The molecule has 0 heterocycles. The van der Waals surface area contributed by atoms with Crippen molar-refractivity contribution in [2.75, 3.05) is 6.61 Å². The van der Waals surface area contributed by atoms with Gasteiger partial charge in [0.05, 0.1) is 0 Å². The maximum absolute atomic E-state index is 6.79. The largest absolute Gasteiger partial charge is 0.417 e. The van der Waals surface area contributed by atoms with Gasteiger partial charge < -0.3 is 4.43 Å². The summed E-state index contributed by atoms with van der Waals surface area (Å²) >= 11 is 0. The zero-order valence-corrected chi connectivity index (χ0v) is 24.3. The average Bonchev–Trinajstić information content (AvgIpc) is 2.81. The summed E-state index contributed by atoms with van der Waals surface area (Å²) in [4.78, 5) is 0. The fourth-order valence-corrected chi connectivity index (χ4v) is 9.78. The Hall–Kier alpha value is 0.177. The summed E-state index contributed by atoms with van der Waals surface area (Å²) < 4.78 is 6.79. The molecule has 0 spiro atoms. The van der Waals surface area contributed by atoms with E-state index in [4.69, 9.17) is 4.43 Å². The van der Waals surface area contributed by atoms with E-state index in [9.17, 15) is 0 Å². The predicted molar refractivity (Wildman–Crippen MR) is 150 cm³/mol. The Morgan fingerprint density at radius 2 is 0.625 bits per heavy atom. The molecule has 0 aromatic carbocycles. The van der Waals surface area contributed by atoms with Crippen molar-refractivity contribution in [3.05, 3.63) is 0 Å². The van der Waals surface area contributed by atoms with Crippen LogP contribution in [0.2, 0.25) is 18.1 Å². The van der Waals surface area contributed by atoms with Crippen LogP contribution in [0.25, 0.3) is 0 Å². The van der Waals surface area contributed by atoms with Crippen LogP contribution in [0.1, 0.15) is 169 Å². The van der Waals surface area contributed by atoms with Gasteiger partial charge in [-0.1, -0.05) is 163 Å². The quantitative estimate of drug-likeness (QED) is 0.0859. The molecule has 0 unspecified atom stereocenters. The van der Waals surface area contributed by atoms with E-state index in [1.807, 2.05) is 0 Å². The molecule has 0 aromatic rings. The number of rotatable bonds is 27. The van der Waals surface area contributed by atoms with E-state index in [1.165, 1.54) is 159 Å². The van der Waals surface area contributed by atoms with Crippen molar-refractivity contribution >= 4 is 8.32 Å². The Labute approximate surface area is 206 Å². The minimum absolute atomic E-state index is 1.06. The summed E-state index contributed by atoms with van der Waals surface area (Å²) in [6.07, 6.45) is 31.2. The van der Waals surface area contributed by atoms with Crippen LogP contribution in [0.5, 0.6) is 0 Å². The lowest BCUT2D eigenvalue weighted by Gasteiger charge is -2.32. The Morgan fingerprint density at radius 3 is 0.938 bits per heavy atom. The van der Waals surface area contributed by atoms with Gasteiger partial charge in [0.15, 0.2) is 8.32 Å². The van der Waals surface area contributed by atoms with Gasteiger partial charge in [-0.15, -0.1) is 0 Å². The van der Waals surface area contributed by atoms with Crippen LogP contribution in [-0.2, 0) is 4.43 Å². The van der Waals surface area contributed by atoms with Gasteiger partial charge in [0.1, 0.15) is 0 Å². The molecule has 0 rings (SSSR count). The van der Waals surface area contributed by atoms with E-state index in [0.29, 0.717) is 0 Å². The summed E-state index contributed by atoms with van der Waals surface area (Å²) in [6.45, 7) is 10.4. The van der Waals surface area contributed by atoms with E-state index < -0.39 is 8.32 Å². The summed E-state index contributed by atoms with van der Waals surface area (Å²) in [5.41, 5.74) is 0. The molecule has 0 fully saturated rings. The number of unbranched alkanes of at least 4 members (excludes halogenated alkanes) is 18. The maximum atomic E-state index is 6.79. The molecule has 0 N–H and O–H groups in total. The van der Waals surface area contributed by atoms with Crippen LogP contribution < -0.4 is 0 Å². The highest BCUT2D eigenvalue weighted by atomic mass is 28.4. The van der Waals surface area contributed by atoms with Gasteiger partial charge in [0, 0.05) is 6.61 Å². The molecule has 0 aromatic heterocycles. The van der Waals surface area contributed by atoms with Crippen LogP contribution in [0.3, 0.4) is 0 Å². The molecule has 0 bridgehead atoms. The second kappa shape index (κ2) is 25.8. The fraction of sp³-hybridized carbons (Fsp3) is 1.00. The molecule has 1 nitrogen and oxygen atoms in total. The Balaban J connectivity index is 3.67. The van der Waals surface area contributed by atoms with E-state index in [1.54, 1.807) is 0 Å². The number of hydrogen-bond donors (Lipinski definition) is 0. The van der Waals surface area contributed by atoms with Gasteiger partial charge in [-0.05, 0) is 24.6 Å². The van der Waals surface area contributed by atoms with Crippen LogP contribution in [0.15, 0.2) is 0 Å². The van der Waals surface area contributed by atoms with Gasteiger partial charge in [-0.2, -0.15) is 0 Å². The molecular weight excluding hydrogens is 404 g/mol. The summed E-state index contributed by atoms with van der Waals surface area (Å²) in [5, 5.41) is 0. The summed E-state index contributed by atoms with van der Waals surface area (Å²) in [5.74, 6) is 0. The standard InChI is InChI=1S/C30H64OSi/c1-5-9-13-14-15-16-17-18-19-20-21-22-23-24-25-26-27-31-32(28-10-6-2,29-11-7-3)30-12-8-4/h5-30H2,1-4H3. The first-order valence-electron chi connectivity index (χ1n) is 15.4. The van der Waals surface area contributed by atoms with Gasteiger partial charge in [-0.3, -0.25) is 0 Å². The molecule has 0 aliphatic rings. The highest BCUT2D eigenvalue weighted by Gasteiger charge is 2.32. The molecule has 0 saturated carbocycles. The van der Waals surface area contributed by atoms with Crippen molar-refractivity contribution in [2.24, 2.45) is 0 Å². The molecule has 194 valence electrons. The summed E-state index contributed by atoms with van der Waals surface area (Å²) in [7, 11) is -1.47. The third-order valence-electron chi connectivity index (χ3n) is 7.36. The molecule has 32 heavy (non-hydrogen) atoms. The second-order valence-corrected chi connectivity index (χ2v) is 14.8. The zero-order chi connectivity index (χ0) is 23.6. The Morgan fingerprint density at radius 1 is 0.344 bits per heavy atom. The SMILES string of the molecule is CCCCCCCCCCCCCCCCCCO[Si](CCCC)(CCCC)CCCC. The molecule has 0 amide bonds. The average molecular weight is 469 g/mol. The minimum Gasteiger partial charge on any atom is -0.417 e. The Kier molecular flexibility index (Phi) is 25.9. The summed E-state index contributed by atoms with van der Waals surface area (Å²) in [6, 6.07) is 4.26. The normalized spacial score (nSPS) is 12.0. The van der Waals surface area contributed by atoms with Crippen LogP contribution >= 0.6 is 0 Å². The van der Waals surface area contributed by atoms with Gasteiger partial charge in [0.25, 0.3) is 0 Å². The van der Waals surface area contributed by atoms with Gasteiger partial charge >= 0.3 is 0 Å². The first-order valence-corrected chi connectivity index (χ1v) is 17.9. The van der Waals surface area contributed by atoms with E-state index in [0.717, 1.165) is 6.61 Å². The lowest BCUT2D eigenvalue weighted by Crippen LogP contribution is -2.38. The zero-order valence-electron chi connectivity index (χ0n) is 23.3. The predicted octanol–water partition coefficient (Wildman–Crippen LogP) is 11.6. The minimum atomic E-state index is -1.47. The first-order chi connectivity index (χ1) is 15.7. The van der Waals surface area contributed by atoms with Crippen molar-refractivity contribution in [3.63, 3.8) is 0 Å². The maximum Gasteiger partial charge on any atom is 0.192 e.